The predicted molar refractivity (Wildman–Crippen MR) is 63.4 cm³/mol. The number of halogens is 1. The zero-order chi connectivity index (χ0) is 12.3. The minimum Gasteiger partial charge on any atom is -0.478 e. The molecule has 1 aromatic rings. The van der Waals surface area contributed by atoms with Gasteiger partial charge in [-0.1, -0.05) is 13.8 Å². The molecule has 1 aromatic carbocycles. The average Bonchev–Trinajstić information content (AvgIpc) is 2.23. The van der Waals surface area contributed by atoms with Crippen molar-refractivity contribution < 1.29 is 14.3 Å². The van der Waals surface area contributed by atoms with Crippen LogP contribution in [-0.4, -0.2) is 16.3 Å². The fourth-order valence-corrected chi connectivity index (χ4v) is 2.25. The molecule has 5 heteroatoms. The number of carbonyl (C=O) groups is 1. The molecule has 1 atom stereocenters. The maximum atomic E-state index is 13.1. The molecule has 16 heavy (non-hydrogen) atoms. The van der Waals surface area contributed by atoms with Gasteiger partial charge in [0.1, 0.15) is 5.82 Å². The highest BCUT2D eigenvalue weighted by Crippen LogP contribution is 2.32. The van der Waals surface area contributed by atoms with Crippen molar-refractivity contribution in [1.82, 2.24) is 0 Å². The van der Waals surface area contributed by atoms with Crippen LogP contribution < -0.4 is 5.73 Å². The summed E-state index contributed by atoms with van der Waals surface area (Å²) in [5.74, 6) is -1.88. The molecule has 0 radical (unpaired) electrons. The predicted octanol–water partition coefficient (Wildman–Crippen LogP) is 3.00. The molecule has 0 fully saturated rings. The minimum atomic E-state index is -1.19. The van der Waals surface area contributed by atoms with Gasteiger partial charge in [-0.25, -0.2) is 9.18 Å². The number of nitrogen functional groups attached to an aromatic ring is 1. The number of anilines is 1. The van der Waals surface area contributed by atoms with Crippen molar-refractivity contribution in [2.24, 2.45) is 0 Å². The molecule has 3 nitrogen and oxygen atoms in total. The summed E-state index contributed by atoms with van der Waals surface area (Å²) in [6.45, 7) is 3.99. The maximum absolute atomic E-state index is 13.1. The van der Waals surface area contributed by atoms with Crippen LogP contribution in [-0.2, 0) is 0 Å². The highest BCUT2D eigenvalue weighted by atomic mass is 32.2. The van der Waals surface area contributed by atoms with E-state index in [1.165, 1.54) is 23.9 Å². The van der Waals surface area contributed by atoms with Crippen LogP contribution in [0.25, 0.3) is 0 Å². The standard InChI is InChI=1S/C11H14FNO2S/c1-3-6(2)16-8-5-4-7(12)10(13)9(8)11(14)15/h4-6H,3,13H2,1-2H3,(H,14,15). The topological polar surface area (TPSA) is 63.3 Å². The molecule has 88 valence electrons. The van der Waals surface area contributed by atoms with Crippen molar-refractivity contribution in [2.75, 3.05) is 5.73 Å². The molecule has 0 heterocycles. The second-order valence-electron chi connectivity index (χ2n) is 3.48. The Bertz CT molecular complexity index is 409. The van der Waals surface area contributed by atoms with E-state index in [0.29, 0.717) is 4.90 Å². The van der Waals surface area contributed by atoms with Crippen LogP contribution in [0.5, 0.6) is 0 Å². The molecule has 0 saturated heterocycles. The monoisotopic (exact) mass is 243 g/mol. The summed E-state index contributed by atoms with van der Waals surface area (Å²) in [5, 5.41) is 9.26. The Morgan fingerprint density at radius 1 is 1.62 bits per heavy atom. The summed E-state index contributed by atoms with van der Waals surface area (Å²) >= 11 is 1.39. The summed E-state index contributed by atoms with van der Waals surface area (Å²) in [6.07, 6.45) is 0.904. The second-order valence-corrected chi connectivity index (χ2v) is 4.96. The molecular formula is C11H14FNO2S. The highest BCUT2D eigenvalue weighted by molar-refractivity contribution is 8.00. The first-order valence-corrected chi connectivity index (χ1v) is 5.83. The van der Waals surface area contributed by atoms with Crippen molar-refractivity contribution in [2.45, 2.75) is 30.4 Å². The van der Waals surface area contributed by atoms with E-state index in [-0.39, 0.29) is 16.5 Å². The fourth-order valence-electron chi connectivity index (χ4n) is 1.19. The number of carboxylic acids is 1. The molecule has 0 aromatic heterocycles. The lowest BCUT2D eigenvalue weighted by Gasteiger charge is -2.12. The summed E-state index contributed by atoms with van der Waals surface area (Å²) in [7, 11) is 0. The largest absolute Gasteiger partial charge is 0.478 e. The van der Waals surface area contributed by atoms with Crippen molar-refractivity contribution in [3.05, 3.63) is 23.5 Å². The van der Waals surface area contributed by atoms with Gasteiger partial charge in [0.05, 0.1) is 11.3 Å². The summed E-state index contributed by atoms with van der Waals surface area (Å²) in [6, 6.07) is 2.67. The number of carboxylic acid groups (broad SMARTS) is 1. The van der Waals surface area contributed by atoms with E-state index in [1.807, 2.05) is 13.8 Å². The van der Waals surface area contributed by atoms with E-state index in [1.54, 1.807) is 0 Å². The first-order valence-electron chi connectivity index (χ1n) is 4.95. The molecular weight excluding hydrogens is 229 g/mol. The molecule has 0 spiro atoms. The molecule has 0 aliphatic rings. The van der Waals surface area contributed by atoms with E-state index >= 15 is 0 Å². The van der Waals surface area contributed by atoms with Gasteiger partial charge < -0.3 is 10.8 Å². The number of thioether (sulfide) groups is 1. The maximum Gasteiger partial charge on any atom is 0.339 e. The van der Waals surface area contributed by atoms with E-state index < -0.39 is 11.8 Å². The van der Waals surface area contributed by atoms with Crippen molar-refractivity contribution in [1.29, 1.82) is 0 Å². The summed E-state index contributed by atoms with van der Waals surface area (Å²) < 4.78 is 13.1. The molecule has 3 N–H and O–H groups in total. The van der Waals surface area contributed by atoms with Crippen LogP contribution in [0.15, 0.2) is 17.0 Å². The van der Waals surface area contributed by atoms with Gasteiger partial charge in [0.25, 0.3) is 0 Å². The number of rotatable bonds is 4. The Morgan fingerprint density at radius 3 is 2.75 bits per heavy atom. The van der Waals surface area contributed by atoms with Crippen LogP contribution >= 0.6 is 11.8 Å². The van der Waals surface area contributed by atoms with E-state index in [4.69, 9.17) is 10.8 Å². The van der Waals surface area contributed by atoms with Gasteiger partial charge in [0.15, 0.2) is 0 Å². The number of hydrogen-bond donors (Lipinski definition) is 2. The lowest BCUT2D eigenvalue weighted by atomic mass is 10.2. The first kappa shape index (κ1) is 12.8. The quantitative estimate of drug-likeness (QED) is 0.630. The smallest absolute Gasteiger partial charge is 0.339 e. The first-order chi connectivity index (χ1) is 7.47. The van der Waals surface area contributed by atoms with E-state index in [9.17, 15) is 9.18 Å². The molecule has 0 aliphatic heterocycles. The number of aromatic carboxylic acids is 1. The molecule has 0 bridgehead atoms. The summed E-state index contributed by atoms with van der Waals surface area (Å²) in [4.78, 5) is 11.5. The Balaban J connectivity index is 3.18. The van der Waals surface area contributed by atoms with Gasteiger partial charge in [0.2, 0.25) is 0 Å². The fraction of sp³-hybridized carbons (Fsp3) is 0.364. The van der Waals surface area contributed by atoms with Crippen LogP contribution in [0.1, 0.15) is 30.6 Å². The van der Waals surface area contributed by atoms with Crippen molar-refractivity contribution in [3.63, 3.8) is 0 Å². The SMILES string of the molecule is CCC(C)Sc1ccc(F)c(N)c1C(=O)O. The third kappa shape index (κ3) is 2.66. The van der Waals surface area contributed by atoms with Crippen molar-refractivity contribution in [3.8, 4) is 0 Å². The molecule has 0 saturated carbocycles. The van der Waals surface area contributed by atoms with Gasteiger partial charge in [-0.3, -0.25) is 0 Å². The second kappa shape index (κ2) is 5.21. The van der Waals surface area contributed by atoms with E-state index in [0.717, 1.165) is 6.42 Å². The Kier molecular flexibility index (Phi) is 4.18. The van der Waals surface area contributed by atoms with Crippen molar-refractivity contribution >= 4 is 23.4 Å². The number of benzene rings is 1. The molecule has 0 aliphatic carbocycles. The van der Waals surface area contributed by atoms with Gasteiger partial charge in [-0.15, -0.1) is 11.8 Å². The van der Waals surface area contributed by atoms with E-state index in [2.05, 4.69) is 0 Å². The molecule has 1 unspecified atom stereocenters. The molecule has 0 amide bonds. The number of hydrogen-bond acceptors (Lipinski definition) is 3. The van der Waals surface area contributed by atoms with Gasteiger partial charge in [-0.05, 0) is 18.6 Å². The van der Waals surface area contributed by atoms with Gasteiger partial charge >= 0.3 is 5.97 Å². The third-order valence-corrected chi connectivity index (χ3v) is 3.60. The Hall–Kier alpha value is -1.23. The zero-order valence-corrected chi connectivity index (χ0v) is 9.97. The minimum absolute atomic E-state index is 0.134. The van der Waals surface area contributed by atoms with Gasteiger partial charge in [0, 0.05) is 10.1 Å². The normalized spacial score (nSPS) is 12.4. The van der Waals surface area contributed by atoms with Crippen LogP contribution in [0, 0.1) is 5.82 Å². The summed E-state index contributed by atoms with van der Waals surface area (Å²) in [5.41, 5.74) is 5.01. The molecule has 1 rings (SSSR count). The number of nitrogens with two attached hydrogens (primary N) is 1. The lowest BCUT2D eigenvalue weighted by Crippen LogP contribution is -2.07. The van der Waals surface area contributed by atoms with Crippen LogP contribution in [0.3, 0.4) is 0 Å². The zero-order valence-electron chi connectivity index (χ0n) is 9.16. The van der Waals surface area contributed by atoms with Crippen LogP contribution in [0.2, 0.25) is 0 Å². The van der Waals surface area contributed by atoms with Crippen LogP contribution in [0.4, 0.5) is 10.1 Å². The lowest BCUT2D eigenvalue weighted by molar-refractivity contribution is 0.0694. The Morgan fingerprint density at radius 2 is 2.25 bits per heavy atom. The Labute approximate surface area is 97.8 Å². The average molecular weight is 243 g/mol. The highest BCUT2D eigenvalue weighted by Gasteiger charge is 2.18. The third-order valence-electron chi connectivity index (χ3n) is 2.27. The van der Waals surface area contributed by atoms with Gasteiger partial charge in [-0.2, -0.15) is 0 Å².